The molecule has 0 aromatic heterocycles. The zero-order valence-corrected chi connectivity index (χ0v) is 15.2. The number of alkyl halides is 2. The predicted molar refractivity (Wildman–Crippen MR) is 97.9 cm³/mol. The van der Waals surface area contributed by atoms with Gasteiger partial charge in [0.2, 0.25) is 0 Å². The number of hydrogen-bond acceptors (Lipinski definition) is 6. The summed E-state index contributed by atoms with van der Waals surface area (Å²) in [6.07, 6.45) is 1.16. The average molecular weight is 407 g/mol. The second kappa shape index (κ2) is 10.8. The first-order valence-electron chi connectivity index (χ1n) is 7.88. The van der Waals surface area contributed by atoms with Crippen molar-refractivity contribution in [2.75, 3.05) is 6.61 Å². The molecule has 0 saturated heterocycles. The van der Waals surface area contributed by atoms with Gasteiger partial charge in [-0.25, -0.2) is 4.79 Å². The van der Waals surface area contributed by atoms with Crippen molar-refractivity contribution in [3.63, 3.8) is 0 Å². The van der Waals surface area contributed by atoms with Gasteiger partial charge in [0.1, 0.15) is 5.75 Å². The van der Waals surface area contributed by atoms with Gasteiger partial charge in [-0.1, -0.05) is 30.0 Å². The normalized spacial score (nSPS) is 10.7. The molecule has 6 nitrogen and oxygen atoms in total. The number of carbonyl (C=O) groups excluding carboxylic acids is 3. The van der Waals surface area contributed by atoms with E-state index in [-0.39, 0.29) is 11.3 Å². The Morgan fingerprint density at radius 2 is 1.71 bits per heavy atom. The van der Waals surface area contributed by atoms with Crippen LogP contribution < -0.4 is 10.1 Å². The van der Waals surface area contributed by atoms with Gasteiger partial charge >= 0.3 is 12.6 Å². The van der Waals surface area contributed by atoms with Crippen molar-refractivity contribution < 1.29 is 32.6 Å². The van der Waals surface area contributed by atoms with Crippen LogP contribution in [-0.2, 0) is 14.3 Å². The lowest BCUT2D eigenvalue weighted by molar-refractivity contribution is -0.143. The molecule has 2 amide bonds. The van der Waals surface area contributed by atoms with Crippen LogP contribution in [0.1, 0.15) is 10.4 Å². The van der Waals surface area contributed by atoms with E-state index in [0.717, 1.165) is 11.0 Å². The lowest BCUT2D eigenvalue weighted by atomic mass is 10.2. The molecular formula is C19H15F2NO5S. The minimum atomic E-state index is -2.98. The highest BCUT2D eigenvalue weighted by Crippen LogP contribution is 2.18. The number of rotatable bonds is 8. The van der Waals surface area contributed by atoms with Crippen LogP contribution in [0.25, 0.3) is 0 Å². The highest BCUT2D eigenvalue weighted by molar-refractivity contribution is 8.02. The van der Waals surface area contributed by atoms with Crippen molar-refractivity contribution in [3.05, 3.63) is 71.6 Å². The molecule has 146 valence electrons. The number of ether oxygens (including phenoxy) is 2. The Morgan fingerprint density at radius 1 is 1.04 bits per heavy atom. The SMILES string of the molecule is O=C(COC(=O)/C=C/Sc1ccccc1)NC(=O)c1ccc(OC(F)F)cc1. The zero-order valence-electron chi connectivity index (χ0n) is 14.3. The van der Waals surface area contributed by atoms with Crippen LogP contribution in [0.4, 0.5) is 8.78 Å². The van der Waals surface area contributed by atoms with E-state index < -0.39 is 31.0 Å². The van der Waals surface area contributed by atoms with Crippen LogP contribution in [0.5, 0.6) is 5.75 Å². The average Bonchev–Trinajstić information content (AvgIpc) is 2.67. The first kappa shape index (κ1) is 21.1. The number of halogens is 2. The van der Waals surface area contributed by atoms with Crippen LogP contribution in [0, 0.1) is 0 Å². The second-order valence-corrected chi connectivity index (χ2v) is 6.10. The highest BCUT2D eigenvalue weighted by atomic mass is 32.2. The highest BCUT2D eigenvalue weighted by Gasteiger charge is 2.12. The van der Waals surface area contributed by atoms with E-state index in [9.17, 15) is 23.2 Å². The van der Waals surface area contributed by atoms with Crippen molar-refractivity contribution in [1.29, 1.82) is 0 Å². The summed E-state index contributed by atoms with van der Waals surface area (Å²) >= 11 is 1.30. The molecule has 0 bridgehead atoms. The topological polar surface area (TPSA) is 81.7 Å². The molecule has 28 heavy (non-hydrogen) atoms. The number of thioether (sulfide) groups is 1. The van der Waals surface area contributed by atoms with Gasteiger partial charge < -0.3 is 9.47 Å². The molecule has 0 atom stereocenters. The van der Waals surface area contributed by atoms with Crippen LogP contribution in [0.3, 0.4) is 0 Å². The Balaban J connectivity index is 1.73. The summed E-state index contributed by atoms with van der Waals surface area (Å²) in [5.41, 5.74) is 0.0560. The Kier molecular flexibility index (Phi) is 8.16. The van der Waals surface area contributed by atoms with E-state index in [0.29, 0.717) is 0 Å². The summed E-state index contributed by atoms with van der Waals surface area (Å²) in [5, 5.41) is 3.54. The van der Waals surface area contributed by atoms with Crippen molar-refractivity contribution in [2.45, 2.75) is 11.5 Å². The zero-order chi connectivity index (χ0) is 20.4. The molecule has 0 radical (unpaired) electrons. The third-order valence-electron chi connectivity index (χ3n) is 3.09. The van der Waals surface area contributed by atoms with Crippen LogP contribution in [-0.4, -0.2) is 31.0 Å². The van der Waals surface area contributed by atoms with Crippen molar-refractivity contribution in [3.8, 4) is 5.75 Å². The van der Waals surface area contributed by atoms with E-state index in [1.807, 2.05) is 35.6 Å². The molecule has 0 aliphatic rings. The maximum absolute atomic E-state index is 12.1. The Hall–Kier alpha value is -3.20. The van der Waals surface area contributed by atoms with E-state index in [1.54, 1.807) is 0 Å². The molecule has 1 N–H and O–H groups in total. The van der Waals surface area contributed by atoms with Crippen molar-refractivity contribution in [1.82, 2.24) is 5.32 Å². The lowest BCUT2D eigenvalue weighted by Crippen LogP contribution is -2.34. The van der Waals surface area contributed by atoms with Gasteiger partial charge in [-0.05, 0) is 41.8 Å². The Labute approximate surface area is 163 Å². The molecule has 0 aliphatic carbocycles. The molecule has 0 fully saturated rings. The summed E-state index contributed by atoms with van der Waals surface area (Å²) in [4.78, 5) is 36.0. The largest absolute Gasteiger partial charge is 0.452 e. The number of imide groups is 1. The van der Waals surface area contributed by atoms with Gasteiger partial charge in [-0.3, -0.25) is 14.9 Å². The lowest BCUT2D eigenvalue weighted by Gasteiger charge is -2.06. The minimum absolute atomic E-state index is 0.0560. The minimum Gasteiger partial charge on any atom is -0.452 e. The van der Waals surface area contributed by atoms with E-state index >= 15 is 0 Å². The van der Waals surface area contributed by atoms with Gasteiger partial charge in [0.15, 0.2) is 6.61 Å². The number of nitrogens with one attached hydrogen (secondary N) is 1. The van der Waals surface area contributed by atoms with Gasteiger partial charge in [-0.2, -0.15) is 8.78 Å². The van der Waals surface area contributed by atoms with Crippen molar-refractivity contribution >= 4 is 29.5 Å². The number of amides is 2. The van der Waals surface area contributed by atoms with Gasteiger partial charge in [0.25, 0.3) is 11.8 Å². The second-order valence-electron chi connectivity index (χ2n) is 5.12. The molecule has 0 aliphatic heterocycles. The van der Waals surface area contributed by atoms with Gasteiger partial charge in [0, 0.05) is 16.5 Å². The standard InChI is InChI=1S/C19H15F2NO5S/c20-19(21)27-14-8-6-13(7-9-14)18(25)22-16(23)12-26-17(24)10-11-28-15-4-2-1-3-5-15/h1-11,19H,12H2,(H,22,23,25)/b11-10+. The molecule has 0 spiro atoms. The third kappa shape index (κ3) is 7.58. The van der Waals surface area contributed by atoms with Crippen LogP contribution in [0.2, 0.25) is 0 Å². The maximum Gasteiger partial charge on any atom is 0.387 e. The van der Waals surface area contributed by atoms with E-state index in [2.05, 4.69) is 4.74 Å². The smallest absolute Gasteiger partial charge is 0.387 e. The van der Waals surface area contributed by atoms with Crippen molar-refractivity contribution in [2.24, 2.45) is 0 Å². The first-order chi connectivity index (χ1) is 13.4. The molecule has 2 aromatic rings. The fraction of sp³-hybridized carbons (Fsp3) is 0.105. The fourth-order valence-electron chi connectivity index (χ4n) is 1.87. The number of benzene rings is 2. The predicted octanol–water partition coefficient (Wildman–Crippen LogP) is 3.39. The van der Waals surface area contributed by atoms with Crippen LogP contribution in [0.15, 0.2) is 71.0 Å². The molecule has 2 aromatic carbocycles. The number of esters is 1. The molecule has 0 heterocycles. The first-order valence-corrected chi connectivity index (χ1v) is 8.76. The molecule has 2 rings (SSSR count). The monoisotopic (exact) mass is 407 g/mol. The van der Waals surface area contributed by atoms with Gasteiger partial charge in [0.05, 0.1) is 0 Å². The molecule has 0 saturated carbocycles. The summed E-state index contributed by atoms with van der Waals surface area (Å²) in [7, 11) is 0. The molecule has 9 heteroatoms. The van der Waals surface area contributed by atoms with Crippen LogP contribution >= 0.6 is 11.8 Å². The molecule has 0 unspecified atom stereocenters. The maximum atomic E-state index is 12.1. The van der Waals surface area contributed by atoms with Gasteiger partial charge in [-0.15, -0.1) is 0 Å². The summed E-state index contributed by atoms with van der Waals surface area (Å²) in [5.74, 6) is -2.44. The molecular weight excluding hydrogens is 392 g/mol. The Morgan fingerprint density at radius 3 is 2.36 bits per heavy atom. The van der Waals surface area contributed by atoms with E-state index in [4.69, 9.17) is 4.74 Å². The summed E-state index contributed by atoms with van der Waals surface area (Å²) in [6, 6.07) is 14.1. The summed E-state index contributed by atoms with van der Waals surface area (Å²) in [6.45, 7) is -3.62. The fourth-order valence-corrected chi connectivity index (χ4v) is 2.53. The third-order valence-corrected chi connectivity index (χ3v) is 3.91. The number of carbonyl (C=O) groups is 3. The Bertz CT molecular complexity index is 841. The summed E-state index contributed by atoms with van der Waals surface area (Å²) < 4.78 is 33.0. The van der Waals surface area contributed by atoms with E-state index in [1.165, 1.54) is 41.4 Å². The number of hydrogen-bond donors (Lipinski definition) is 1. The quantitative estimate of drug-likeness (QED) is 0.410.